The molecule has 6 rings (SSSR count). The van der Waals surface area contributed by atoms with E-state index in [0.29, 0.717) is 0 Å². The number of aromatic nitrogens is 2. The first-order chi connectivity index (χ1) is 16.6. The van der Waals surface area contributed by atoms with Crippen molar-refractivity contribution in [3.63, 3.8) is 0 Å². The fraction of sp³-hybridized carbons (Fsp3) is 0.750. The molecule has 1 aromatic rings. The maximum absolute atomic E-state index is 12.0. The van der Waals surface area contributed by atoms with E-state index in [-0.39, 0.29) is 29.6 Å². The van der Waals surface area contributed by atoms with Crippen molar-refractivity contribution in [3.05, 3.63) is 29.4 Å². The van der Waals surface area contributed by atoms with Gasteiger partial charge in [0.25, 0.3) is 0 Å². The van der Waals surface area contributed by atoms with Gasteiger partial charge in [-0.2, -0.15) is 0 Å². The molecule has 5 atom stereocenters. The van der Waals surface area contributed by atoms with Crippen LogP contribution in [0.2, 0.25) is 0 Å². The molecule has 3 heterocycles. The molecule has 5 unspecified atom stereocenters. The summed E-state index contributed by atoms with van der Waals surface area (Å²) in [6.45, 7) is 0. The molecule has 1 N–H and O–H groups in total. The molecule has 6 nitrogen and oxygen atoms in total. The summed E-state index contributed by atoms with van der Waals surface area (Å²) in [4.78, 5) is 21.4. The van der Waals surface area contributed by atoms with Crippen LogP contribution in [0.5, 0.6) is 0 Å². The van der Waals surface area contributed by atoms with E-state index in [1.165, 1.54) is 69.0 Å². The Bertz CT molecular complexity index is 934. The van der Waals surface area contributed by atoms with Crippen LogP contribution in [0.25, 0.3) is 6.08 Å². The molecule has 6 heteroatoms. The zero-order valence-corrected chi connectivity index (χ0v) is 20.2. The molecule has 0 radical (unpaired) electrons. The number of carboxylic acids is 1. The van der Waals surface area contributed by atoms with Crippen molar-refractivity contribution in [3.8, 4) is 0 Å². The predicted octanol–water partition coefficient (Wildman–Crippen LogP) is 5.14. The van der Waals surface area contributed by atoms with Crippen molar-refractivity contribution in [1.29, 1.82) is 0 Å². The minimum atomic E-state index is -0.889. The molecule has 2 saturated carbocycles. The number of aliphatic carboxylic acids is 1. The third-order valence-corrected chi connectivity index (χ3v) is 9.44. The number of hydrogen-bond acceptors (Lipinski definition) is 5. The van der Waals surface area contributed by atoms with Gasteiger partial charge in [-0.3, -0.25) is 0 Å². The molecule has 2 aliphatic heterocycles. The average Bonchev–Trinajstić information content (AvgIpc) is 3.02. The molecular weight excluding hydrogens is 428 g/mol. The normalized spacial score (nSPS) is 34.8. The zero-order chi connectivity index (χ0) is 23.1. The number of allylic oxidation sites excluding steroid dienone is 1. The molecule has 184 valence electrons. The van der Waals surface area contributed by atoms with Crippen LogP contribution in [0, 0.1) is 17.8 Å². The Kier molecular flexibility index (Phi) is 6.23. The largest absolute Gasteiger partial charge is 0.479 e. The molecule has 5 aliphatic rings. The lowest BCUT2D eigenvalue weighted by molar-refractivity contribution is -0.268. The van der Waals surface area contributed by atoms with Gasteiger partial charge < -0.3 is 14.6 Å². The molecule has 0 bridgehead atoms. The molecular formula is C28H38N2O4. The third kappa shape index (κ3) is 4.01. The second-order valence-corrected chi connectivity index (χ2v) is 11.4. The zero-order valence-electron chi connectivity index (χ0n) is 20.2. The van der Waals surface area contributed by atoms with Crippen LogP contribution in [0.3, 0.4) is 0 Å². The van der Waals surface area contributed by atoms with Crippen molar-refractivity contribution >= 4 is 12.0 Å². The first kappa shape index (κ1) is 22.7. The van der Waals surface area contributed by atoms with Crippen LogP contribution in [0.1, 0.15) is 94.0 Å². The van der Waals surface area contributed by atoms with Crippen LogP contribution in [-0.4, -0.2) is 45.0 Å². The minimum absolute atomic E-state index is 0.0887. The van der Waals surface area contributed by atoms with Gasteiger partial charge in [0.05, 0.1) is 23.1 Å². The second-order valence-electron chi connectivity index (χ2n) is 11.4. The molecule has 1 spiro atoms. The fourth-order valence-electron chi connectivity index (χ4n) is 7.71. The molecule has 0 amide bonds. The third-order valence-electron chi connectivity index (χ3n) is 9.44. The van der Waals surface area contributed by atoms with Gasteiger partial charge >= 0.3 is 5.97 Å². The van der Waals surface area contributed by atoms with Gasteiger partial charge in [-0.15, -0.1) is 0 Å². The van der Waals surface area contributed by atoms with Crippen LogP contribution in [0.15, 0.2) is 12.4 Å². The SMILES string of the molecule is O=C(O)C1OC(C2CC=Cc3c(CCC4CCCCC4)ncnc3C2)C2C1OC21CCCCC1. The number of rotatable bonds is 5. The lowest BCUT2D eigenvalue weighted by Crippen LogP contribution is -2.64. The molecule has 0 aromatic carbocycles. The summed E-state index contributed by atoms with van der Waals surface area (Å²) < 4.78 is 12.6. The topological polar surface area (TPSA) is 81.5 Å². The average molecular weight is 467 g/mol. The number of carbonyl (C=O) groups is 1. The maximum atomic E-state index is 12.0. The maximum Gasteiger partial charge on any atom is 0.335 e. The molecule has 2 saturated heterocycles. The predicted molar refractivity (Wildman–Crippen MR) is 128 cm³/mol. The summed E-state index contributed by atoms with van der Waals surface area (Å²) in [7, 11) is 0. The number of ether oxygens (including phenoxy) is 2. The quantitative estimate of drug-likeness (QED) is 0.647. The number of fused-ring (bicyclic) bond motifs is 3. The highest BCUT2D eigenvalue weighted by Gasteiger charge is 2.67. The van der Waals surface area contributed by atoms with E-state index in [4.69, 9.17) is 19.4 Å². The second kappa shape index (κ2) is 9.34. The van der Waals surface area contributed by atoms with Crippen molar-refractivity contribution in [1.82, 2.24) is 9.97 Å². The lowest BCUT2D eigenvalue weighted by atomic mass is 9.64. The monoisotopic (exact) mass is 466 g/mol. The Labute approximate surface area is 202 Å². The van der Waals surface area contributed by atoms with Crippen LogP contribution >= 0.6 is 0 Å². The lowest BCUT2D eigenvalue weighted by Gasteiger charge is -2.56. The number of nitrogens with zero attached hydrogens (tertiary/aromatic N) is 2. The van der Waals surface area contributed by atoms with E-state index in [1.54, 1.807) is 6.33 Å². The van der Waals surface area contributed by atoms with Crippen molar-refractivity contribution in [2.45, 2.75) is 114 Å². The van der Waals surface area contributed by atoms with E-state index in [2.05, 4.69) is 12.2 Å². The Hall–Kier alpha value is -1.79. The van der Waals surface area contributed by atoms with Crippen molar-refractivity contribution < 1.29 is 19.4 Å². The van der Waals surface area contributed by atoms with Gasteiger partial charge in [0, 0.05) is 11.5 Å². The Morgan fingerprint density at radius 1 is 1.06 bits per heavy atom. The first-order valence-electron chi connectivity index (χ1n) is 13.7. The van der Waals surface area contributed by atoms with E-state index < -0.39 is 12.1 Å². The van der Waals surface area contributed by atoms with Crippen molar-refractivity contribution in [2.75, 3.05) is 0 Å². The Morgan fingerprint density at radius 2 is 1.85 bits per heavy atom. The number of hydrogen-bond donors (Lipinski definition) is 1. The summed E-state index contributed by atoms with van der Waals surface area (Å²) in [5.41, 5.74) is 3.30. The van der Waals surface area contributed by atoms with Crippen LogP contribution in [-0.2, 0) is 27.1 Å². The van der Waals surface area contributed by atoms with Gasteiger partial charge in [-0.1, -0.05) is 63.5 Å². The number of aryl methyl sites for hydroxylation is 1. The Morgan fingerprint density at radius 3 is 2.65 bits per heavy atom. The van der Waals surface area contributed by atoms with Crippen molar-refractivity contribution in [2.24, 2.45) is 17.8 Å². The summed E-state index contributed by atoms with van der Waals surface area (Å²) in [6, 6.07) is 0. The van der Waals surface area contributed by atoms with Gasteiger partial charge in [-0.05, 0) is 50.4 Å². The standard InChI is InChI=1S/C28H38N2O4/c31-27(32)26-25-23(28(34-25)14-5-2-6-15-28)24(33-26)19-10-7-11-20-21(29-17-30-22(20)16-19)13-12-18-8-3-1-4-9-18/h7,11,17-19,23-26H,1-6,8-10,12-16H2,(H,31,32). The molecule has 34 heavy (non-hydrogen) atoms. The van der Waals surface area contributed by atoms with Gasteiger partial charge in [0.2, 0.25) is 0 Å². The summed E-state index contributed by atoms with van der Waals surface area (Å²) >= 11 is 0. The minimum Gasteiger partial charge on any atom is -0.479 e. The number of carboxylic acid groups (broad SMARTS) is 1. The molecule has 1 aromatic heterocycles. The summed E-state index contributed by atoms with van der Waals surface area (Å²) in [5, 5.41) is 9.81. The van der Waals surface area contributed by atoms with Crippen LogP contribution < -0.4 is 0 Å². The van der Waals surface area contributed by atoms with Crippen LogP contribution in [0.4, 0.5) is 0 Å². The van der Waals surface area contributed by atoms with Gasteiger partial charge in [0.1, 0.15) is 12.4 Å². The highest BCUT2D eigenvalue weighted by molar-refractivity contribution is 5.74. The van der Waals surface area contributed by atoms with Gasteiger partial charge in [-0.25, -0.2) is 14.8 Å². The Balaban J connectivity index is 1.21. The first-order valence-corrected chi connectivity index (χ1v) is 13.7. The van der Waals surface area contributed by atoms with E-state index >= 15 is 0 Å². The summed E-state index contributed by atoms with van der Waals surface area (Å²) in [5.74, 6) is 0.351. The fourth-order valence-corrected chi connectivity index (χ4v) is 7.71. The highest BCUT2D eigenvalue weighted by atomic mass is 16.6. The van der Waals surface area contributed by atoms with E-state index in [1.807, 2.05) is 0 Å². The van der Waals surface area contributed by atoms with E-state index in [0.717, 1.165) is 43.7 Å². The van der Waals surface area contributed by atoms with Gasteiger partial charge in [0.15, 0.2) is 6.10 Å². The molecule has 3 aliphatic carbocycles. The highest BCUT2D eigenvalue weighted by Crippen LogP contribution is 2.57. The summed E-state index contributed by atoms with van der Waals surface area (Å²) in [6.07, 6.45) is 21.4. The van der Waals surface area contributed by atoms with E-state index in [9.17, 15) is 9.90 Å². The smallest absolute Gasteiger partial charge is 0.335 e. The molecule has 4 fully saturated rings.